The van der Waals surface area contributed by atoms with Gasteiger partial charge in [-0.3, -0.25) is 4.79 Å². The van der Waals surface area contributed by atoms with Crippen LogP contribution < -0.4 is 5.32 Å². The first-order chi connectivity index (χ1) is 4.68. The molecule has 0 fully saturated rings. The summed E-state index contributed by atoms with van der Waals surface area (Å²) in [7, 11) is 0. The summed E-state index contributed by atoms with van der Waals surface area (Å²) in [5.41, 5.74) is 0. The monoisotopic (exact) mass is 143 g/mol. The van der Waals surface area contributed by atoms with Crippen LogP contribution in [0.5, 0.6) is 0 Å². The summed E-state index contributed by atoms with van der Waals surface area (Å²) in [6.07, 6.45) is 2.18. The summed E-state index contributed by atoms with van der Waals surface area (Å²) in [6, 6.07) is 0. The summed E-state index contributed by atoms with van der Waals surface area (Å²) in [5, 5.41) is 10.2. The summed E-state index contributed by atoms with van der Waals surface area (Å²) >= 11 is 0. The minimum atomic E-state index is -1.45. The number of carboxylic acids is 1. The van der Waals surface area contributed by atoms with Crippen LogP contribution in [-0.4, -0.2) is 23.5 Å². The molecule has 10 heavy (non-hydrogen) atoms. The van der Waals surface area contributed by atoms with Crippen molar-refractivity contribution in [2.75, 3.05) is 6.54 Å². The van der Waals surface area contributed by atoms with Crippen LogP contribution in [0.15, 0.2) is 12.7 Å². The normalized spacial score (nSPS) is 8.40. The molecule has 0 atom stereocenters. The predicted molar refractivity (Wildman–Crippen MR) is 35.5 cm³/mol. The van der Waals surface area contributed by atoms with Gasteiger partial charge in [0, 0.05) is 6.54 Å². The Morgan fingerprint density at radius 1 is 1.60 bits per heavy atom. The van der Waals surface area contributed by atoms with E-state index in [1.165, 1.54) is 0 Å². The van der Waals surface area contributed by atoms with Crippen LogP contribution in [0, 0.1) is 0 Å². The molecular formula is C6H9NO3. The van der Waals surface area contributed by atoms with E-state index in [0.717, 1.165) is 0 Å². The zero-order valence-corrected chi connectivity index (χ0v) is 5.46. The average molecular weight is 143 g/mol. The van der Waals surface area contributed by atoms with E-state index in [1.807, 2.05) is 0 Å². The largest absolute Gasteiger partial charge is 0.474 e. The number of nitrogens with one attached hydrogen (secondary N) is 1. The van der Waals surface area contributed by atoms with E-state index < -0.39 is 11.9 Å². The van der Waals surface area contributed by atoms with Crippen molar-refractivity contribution in [2.24, 2.45) is 0 Å². The van der Waals surface area contributed by atoms with Crippen molar-refractivity contribution in [3.05, 3.63) is 12.7 Å². The van der Waals surface area contributed by atoms with Crippen molar-refractivity contribution < 1.29 is 14.7 Å². The summed E-state index contributed by atoms with van der Waals surface area (Å²) in [4.78, 5) is 20.1. The molecule has 0 heterocycles. The lowest BCUT2D eigenvalue weighted by atomic mass is 10.4. The molecule has 2 N–H and O–H groups in total. The number of carboxylic acid groups (broad SMARTS) is 1. The molecule has 0 aliphatic rings. The topological polar surface area (TPSA) is 66.4 Å². The van der Waals surface area contributed by atoms with Gasteiger partial charge >= 0.3 is 11.9 Å². The zero-order chi connectivity index (χ0) is 7.98. The first-order valence-electron chi connectivity index (χ1n) is 2.80. The molecule has 0 aromatic heterocycles. The van der Waals surface area contributed by atoms with Gasteiger partial charge in [-0.05, 0) is 6.42 Å². The Kier molecular flexibility index (Phi) is 3.95. The highest BCUT2D eigenvalue weighted by molar-refractivity contribution is 6.31. The zero-order valence-electron chi connectivity index (χ0n) is 5.46. The molecule has 0 saturated carbocycles. The third kappa shape index (κ3) is 3.65. The second-order valence-corrected chi connectivity index (χ2v) is 1.64. The number of carbonyl (C=O) groups excluding carboxylic acids is 1. The van der Waals surface area contributed by atoms with E-state index >= 15 is 0 Å². The summed E-state index contributed by atoms with van der Waals surface area (Å²) in [5.74, 6) is -2.43. The molecule has 4 heteroatoms. The molecule has 56 valence electrons. The Bertz CT molecular complexity index is 153. The van der Waals surface area contributed by atoms with Gasteiger partial charge in [-0.25, -0.2) is 4.79 Å². The van der Waals surface area contributed by atoms with E-state index in [2.05, 4.69) is 11.9 Å². The Morgan fingerprint density at radius 2 is 2.20 bits per heavy atom. The Balaban J connectivity index is 3.40. The summed E-state index contributed by atoms with van der Waals surface area (Å²) < 4.78 is 0. The molecule has 0 aromatic rings. The van der Waals surface area contributed by atoms with Gasteiger partial charge in [0.15, 0.2) is 0 Å². The SMILES string of the molecule is C=CCCNC(=O)C(=O)O. The maximum atomic E-state index is 10.3. The minimum Gasteiger partial charge on any atom is -0.474 e. The number of carbonyl (C=O) groups is 2. The molecule has 0 aliphatic heterocycles. The average Bonchev–Trinajstić information content (AvgIpc) is 1.88. The Hall–Kier alpha value is -1.32. The maximum absolute atomic E-state index is 10.3. The van der Waals surface area contributed by atoms with Gasteiger partial charge in [-0.15, -0.1) is 6.58 Å². The van der Waals surface area contributed by atoms with Gasteiger partial charge in [-0.2, -0.15) is 0 Å². The van der Waals surface area contributed by atoms with E-state index in [0.29, 0.717) is 13.0 Å². The van der Waals surface area contributed by atoms with Gasteiger partial charge in [-0.1, -0.05) is 6.08 Å². The van der Waals surface area contributed by atoms with Gasteiger partial charge in [0.2, 0.25) is 0 Å². The molecule has 0 bridgehead atoms. The van der Waals surface area contributed by atoms with Crippen molar-refractivity contribution in [1.82, 2.24) is 5.32 Å². The fourth-order valence-corrected chi connectivity index (χ4v) is 0.363. The van der Waals surface area contributed by atoms with Crippen LogP contribution in [0.25, 0.3) is 0 Å². The molecule has 0 aliphatic carbocycles. The maximum Gasteiger partial charge on any atom is 0.394 e. The van der Waals surface area contributed by atoms with E-state index in [4.69, 9.17) is 5.11 Å². The highest BCUT2D eigenvalue weighted by Gasteiger charge is 2.07. The molecular weight excluding hydrogens is 134 g/mol. The number of amides is 1. The first kappa shape index (κ1) is 8.68. The Morgan fingerprint density at radius 3 is 2.60 bits per heavy atom. The van der Waals surface area contributed by atoms with Crippen LogP contribution in [0.4, 0.5) is 0 Å². The number of rotatable bonds is 3. The first-order valence-corrected chi connectivity index (χ1v) is 2.80. The quantitative estimate of drug-likeness (QED) is 0.325. The predicted octanol–water partition coefficient (Wildman–Crippen LogP) is -0.237. The van der Waals surface area contributed by atoms with Gasteiger partial charge in [0.25, 0.3) is 0 Å². The molecule has 0 rings (SSSR count). The van der Waals surface area contributed by atoms with Gasteiger partial charge in [0.05, 0.1) is 0 Å². The third-order valence-electron chi connectivity index (χ3n) is 0.828. The van der Waals surface area contributed by atoms with Crippen LogP contribution in [0.1, 0.15) is 6.42 Å². The van der Waals surface area contributed by atoms with Gasteiger partial charge in [0.1, 0.15) is 0 Å². The molecule has 1 amide bonds. The Labute approximate surface area is 58.5 Å². The van der Waals surface area contributed by atoms with Crippen LogP contribution in [0.2, 0.25) is 0 Å². The second-order valence-electron chi connectivity index (χ2n) is 1.64. The van der Waals surface area contributed by atoms with Crippen molar-refractivity contribution in [3.63, 3.8) is 0 Å². The fraction of sp³-hybridized carbons (Fsp3) is 0.333. The van der Waals surface area contributed by atoms with Crippen LogP contribution >= 0.6 is 0 Å². The van der Waals surface area contributed by atoms with Crippen LogP contribution in [0.3, 0.4) is 0 Å². The number of aliphatic carboxylic acids is 1. The van der Waals surface area contributed by atoms with E-state index in [9.17, 15) is 9.59 Å². The van der Waals surface area contributed by atoms with Crippen molar-refractivity contribution >= 4 is 11.9 Å². The second kappa shape index (κ2) is 4.55. The van der Waals surface area contributed by atoms with Crippen molar-refractivity contribution in [3.8, 4) is 0 Å². The standard InChI is InChI=1S/C6H9NO3/c1-2-3-4-7-5(8)6(9)10/h2H,1,3-4H2,(H,7,8)(H,9,10). The molecule has 4 nitrogen and oxygen atoms in total. The lowest BCUT2D eigenvalue weighted by Gasteiger charge is -1.96. The minimum absolute atomic E-state index is 0.328. The highest BCUT2D eigenvalue weighted by atomic mass is 16.4. The number of hydrogen-bond acceptors (Lipinski definition) is 2. The molecule has 0 aromatic carbocycles. The van der Waals surface area contributed by atoms with Gasteiger partial charge < -0.3 is 10.4 Å². The lowest BCUT2D eigenvalue weighted by molar-refractivity contribution is -0.150. The molecule has 0 spiro atoms. The van der Waals surface area contributed by atoms with Crippen LogP contribution in [-0.2, 0) is 9.59 Å². The fourth-order valence-electron chi connectivity index (χ4n) is 0.363. The van der Waals surface area contributed by atoms with E-state index in [-0.39, 0.29) is 0 Å². The molecule has 0 saturated heterocycles. The van der Waals surface area contributed by atoms with E-state index in [1.54, 1.807) is 6.08 Å². The molecule has 0 radical (unpaired) electrons. The van der Waals surface area contributed by atoms with Crippen molar-refractivity contribution in [2.45, 2.75) is 6.42 Å². The summed E-state index contributed by atoms with van der Waals surface area (Å²) in [6.45, 7) is 3.73. The highest BCUT2D eigenvalue weighted by Crippen LogP contribution is 1.75. The van der Waals surface area contributed by atoms with Crippen molar-refractivity contribution in [1.29, 1.82) is 0 Å². The smallest absolute Gasteiger partial charge is 0.394 e. The number of hydrogen-bond donors (Lipinski definition) is 2. The lowest BCUT2D eigenvalue weighted by Crippen LogP contribution is -2.31. The third-order valence-corrected chi connectivity index (χ3v) is 0.828. The molecule has 0 unspecified atom stereocenters.